The van der Waals surface area contributed by atoms with Crippen molar-refractivity contribution in [3.05, 3.63) is 35.4 Å². The van der Waals surface area contributed by atoms with E-state index in [1.165, 1.54) is 0 Å². The third kappa shape index (κ3) is 2.81. The van der Waals surface area contributed by atoms with Crippen molar-refractivity contribution in [3.8, 4) is 0 Å². The molecule has 1 aliphatic carbocycles. The van der Waals surface area contributed by atoms with Crippen LogP contribution < -0.4 is 0 Å². The lowest BCUT2D eigenvalue weighted by atomic mass is 10.1. The molecule has 1 atom stereocenters. The van der Waals surface area contributed by atoms with Crippen molar-refractivity contribution >= 4 is 5.97 Å². The monoisotopic (exact) mass is 240 g/mol. The molecule has 0 aliphatic heterocycles. The van der Waals surface area contributed by atoms with E-state index in [4.69, 9.17) is 4.74 Å². The lowest BCUT2D eigenvalue weighted by molar-refractivity contribution is -0.142. The van der Waals surface area contributed by atoms with Gasteiger partial charge in [0.2, 0.25) is 0 Å². The predicted octanol–water partition coefficient (Wildman–Crippen LogP) is 2.91. The number of hydrogen-bond donors (Lipinski definition) is 0. The highest BCUT2D eigenvalue weighted by atomic mass is 19.3. The summed E-state index contributed by atoms with van der Waals surface area (Å²) in [5.41, 5.74) is 1.43. The third-order valence-electron chi connectivity index (χ3n) is 2.86. The van der Waals surface area contributed by atoms with E-state index in [-0.39, 0.29) is 18.8 Å². The quantitative estimate of drug-likeness (QED) is 0.756. The van der Waals surface area contributed by atoms with Crippen LogP contribution in [0.2, 0.25) is 0 Å². The number of benzene rings is 1. The molecule has 1 aliphatic rings. The van der Waals surface area contributed by atoms with Crippen LogP contribution in [0.1, 0.15) is 30.4 Å². The van der Waals surface area contributed by atoms with Gasteiger partial charge in [0.25, 0.3) is 5.92 Å². The maximum absolute atomic E-state index is 12.8. The Morgan fingerprint density at radius 3 is 2.47 bits per heavy atom. The highest BCUT2D eigenvalue weighted by Crippen LogP contribution is 2.55. The molecule has 0 saturated heterocycles. The summed E-state index contributed by atoms with van der Waals surface area (Å²) < 4.78 is 30.4. The van der Waals surface area contributed by atoms with Crippen molar-refractivity contribution in [2.75, 3.05) is 6.61 Å². The minimum atomic E-state index is -2.54. The van der Waals surface area contributed by atoms with Gasteiger partial charge in [-0.1, -0.05) is 24.3 Å². The first-order valence-electron chi connectivity index (χ1n) is 5.65. The van der Waals surface area contributed by atoms with E-state index in [1.807, 2.05) is 0 Å². The zero-order chi connectivity index (χ0) is 12.5. The third-order valence-corrected chi connectivity index (χ3v) is 2.86. The topological polar surface area (TPSA) is 26.3 Å². The summed E-state index contributed by atoms with van der Waals surface area (Å²) in [5, 5.41) is 0. The number of halogens is 2. The highest BCUT2D eigenvalue weighted by Gasteiger charge is 2.57. The Morgan fingerprint density at radius 1 is 1.41 bits per heavy atom. The molecule has 4 heteroatoms. The van der Waals surface area contributed by atoms with Crippen molar-refractivity contribution < 1.29 is 18.3 Å². The molecule has 2 rings (SSSR count). The van der Waals surface area contributed by atoms with Crippen LogP contribution in [0.5, 0.6) is 0 Å². The van der Waals surface area contributed by atoms with Crippen LogP contribution >= 0.6 is 0 Å². The molecule has 0 radical (unpaired) electrons. The minimum Gasteiger partial charge on any atom is -0.466 e. The zero-order valence-electron chi connectivity index (χ0n) is 9.58. The second-order valence-corrected chi connectivity index (χ2v) is 4.24. The second kappa shape index (κ2) is 4.43. The Hall–Kier alpha value is -1.45. The number of alkyl halides is 2. The van der Waals surface area contributed by atoms with E-state index in [2.05, 4.69) is 0 Å². The second-order valence-electron chi connectivity index (χ2n) is 4.24. The molecule has 0 unspecified atom stereocenters. The summed E-state index contributed by atoms with van der Waals surface area (Å²) in [6, 6.07) is 6.75. The van der Waals surface area contributed by atoms with E-state index in [9.17, 15) is 13.6 Å². The van der Waals surface area contributed by atoms with Gasteiger partial charge in [-0.2, -0.15) is 0 Å². The summed E-state index contributed by atoms with van der Waals surface area (Å²) in [6.45, 7) is 2.10. The highest BCUT2D eigenvalue weighted by molar-refractivity contribution is 5.72. The van der Waals surface area contributed by atoms with Gasteiger partial charge < -0.3 is 4.74 Å². The zero-order valence-corrected chi connectivity index (χ0v) is 9.58. The van der Waals surface area contributed by atoms with E-state index in [1.54, 1.807) is 31.2 Å². The molecule has 0 bridgehead atoms. The van der Waals surface area contributed by atoms with Gasteiger partial charge in [-0.3, -0.25) is 4.79 Å². The molecule has 17 heavy (non-hydrogen) atoms. The van der Waals surface area contributed by atoms with Crippen molar-refractivity contribution in [2.45, 2.75) is 31.6 Å². The smallest absolute Gasteiger partial charge is 0.310 e. The number of esters is 1. The Balaban J connectivity index is 1.97. The van der Waals surface area contributed by atoms with Crippen LogP contribution in [0.15, 0.2) is 24.3 Å². The van der Waals surface area contributed by atoms with Gasteiger partial charge in [-0.25, -0.2) is 8.78 Å². The first kappa shape index (κ1) is 12.0. The first-order valence-corrected chi connectivity index (χ1v) is 5.65. The fraction of sp³-hybridized carbons (Fsp3) is 0.462. The molecule has 1 saturated carbocycles. The Bertz CT molecular complexity index is 412. The van der Waals surface area contributed by atoms with Gasteiger partial charge in [-0.05, 0) is 18.1 Å². The van der Waals surface area contributed by atoms with Crippen LogP contribution in [-0.2, 0) is 16.0 Å². The van der Waals surface area contributed by atoms with Gasteiger partial charge in [0.05, 0.1) is 18.9 Å². The van der Waals surface area contributed by atoms with Crippen molar-refractivity contribution in [3.63, 3.8) is 0 Å². The number of carbonyl (C=O) groups excluding carboxylic acids is 1. The number of carbonyl (C=O) groups is 1. The molecule has 2 nitrogen and oxygen atoms in total. The fourth-order valence-electron chi connectivity index (χ4n) is 1.82. The molecule has 0 spiro atoms. The normalized spacial score (nSPS) is 21.0. The standard InChI is InChI=1S/C13H14F2O2/c1-2-17-12(16)7-9-3-5-10(6-4-9)11-8-13(11,14)15/h3-6,11H,2,7-8H2,1H3/t11-/m1/s1. The molecule has 1 aromatic carbocycles. The lowest BCUT2D eigenvalue weighted by Gasteiger charge is -2.04. The van der Waals surface area contributed by atoms with E-state index < -0.39 is 11.8 Å². The van der Waals surface area contributed by atoms with Gasteiger partial charge in [0.15, 0.2) is 0 Å². The van der Waals surface area contributed by atoms with Crippen molar-refractivity contribution in [2.24, 2.45) is 0 Å². The molecule has 0 amide bonds. The predicted molar refractivity (Wildman–Crippen MR) is 59.1 cm³/mol. The van der Waals surface area contributed by atoms with Crippen LogP contribution in [0.4, 0.5) is 8.78 Å². The number of ether oxygens (including phenoxy) is 1. The largest absolute Gasteiger partial charge is 0.466 e. The molecule has 1 aromatic rings. The molecule has 0 heterocycles. The van der Waals surface area contributed by atoms with E-state index >= 15 is 0 Å². The van der Waals surface area contributed by atoms with Crippen LogP contribution in [-0.4, -0.2) is 18.5 Å². The average molecular weight is 240 g/mol. The summed E-state index contributed by atoms with van der Waals surface area (Å²) in [7, 11) is 0. The van der Waals surface area contributed by atoms with Crippen molar-refractivity contribution in [1.82, 2.24) is 0 Å². The summed E-state index contributed by atoms with van der Waals surface area (Å²) >= 11 is 0. The first-order chi connectivity index (χ1) is 8.03. The fourth-order valence-corrected chi connectivity index (χ4v) is 1.82. The lowest BCUT2D eigenvalue weighted by Crippen LogP contribution is -2.07. The summed E-state index contributed by atoms with van der Waals surface area (Å²) in [6.07, 6.45) is 0.124. The SMILES string of the molecule is CCOC(=O)Cc1ccc([C@H]2CC2(F)F)cc1. The Kier molecular flexibility index (Phi) is 3.13. The van der Waals surface area contributed by atoms with Crippen LogP contribution in [0, 0.1) is 0 Å². The Morgan fingerprint density at radius 2 is 2.00 bits per heavy atom. The van der Waals surface area contributed by atoms with E-state index in [0.717, 1.165) is 5.56 Å². The van der Waals surface area contributed by atoms with Gasteiger partial charge in [0.1, 0.15) is 0 Å². The average Bonchev–Trinajstić information content (AvgIpc) is 2.89. The molecular formula is C13H14F2O2. The molecule has 1 fully saturated rings. The Labute approximate surface area is 98.6 Å². The van der Waals surface area contributed by atoms with Gasteiger partial charge in [-0.15, -0.1) is 0 Å². The molecular weight excluding hydrogens is 226 g/mol. The van der Waals surface area contributed by atoms with Crippen LogP contribution in [0.3, 0.4) is 0 Å². The molecule has 92 valence electrons. The summed E-state index contributed by atoms with van der Waals surface area (Å²) in [4.78, 5) is 11.2. The summed E-state index contributed by atoms with van der Waals surface area (Å²) in [5.74, 6) is -3.47. The maximum Gasteiger partial charge on any atom is 0.310 e. The van der Waals surface area contributed by atoms with E-state index in [0.29, 0.717) is 12.2 Å². The maximum atomic E-state index is 12.8. The number of hydrogen-bond acceptors (Lipinski definition) is 2. The van der Waals surface area contributed by atoms with Gasteiger partial charge in [0, 0.05) is 6.42 Å². The van der Waals surface area contributed by atoms with Crippen LogP contribution in [0.25, 0.3) is 0 Å². The van der Waals surface area contributed by atoms with Crippen molar-refractivity contribution in [1.29, 1.82) is 0 Å². The van der Waals surface area contributed by atoms with Gasteiger partial charge >= 0.3 is 5.97 Å². The minimum absolute atomic E-state index is 0.0653. The molecule has 0 N–H and O–H groups in total. The molecule has 0 aromatic heterocycles. The number of rotatable bonds is 4.